The Kier molecular flexibility index (Phi) is 5.23. The third-order valence-electron chi connectivity index (χ3n) is 5.10. The van der Waals surface area contributed by atoms with Gasteiger partial charge >= 0.3 is 0 Å². The van der Waals surface area contributed by atoms with Crippen molar-refractivity contribution in [1.82, 2.24) is 25.3 Å². The van der Waals surface area contributed by atoms with Crippen molar-refractivity contribution in [3.05, 3.63) is 62.2 Å². The molecule has 0 radical (unpaired) electrons. The fourth-order valence-electron chi connectivity index (χ4n) is 3.43. The van der Waals surface area contributed by atoms with Crippen molar-refractivity contribution in [2.24, 2.45) is 0 Å². The molecule has 28 heavy (non-hydrogen) atoms. The second kappa shape index (κ2) is 7.81. The molecule has 0 bridgehead atoms. The van der Waals surface area contributed by atoms with Gasteiger partial charge < -0.3 is 9.84 Å². The number of amides is 1. The molecule has 4 rings (SSSR count). The summed E-state index contributed by atoms with van der Waals surface area (Å²) in [6.07, 6.45) is 4.28. The van der Waals surface area contributed by atoms with E-state index in [1.165, 1.54) is 10.4 Å². The molecule has 0 saturated heterocycles. The molecule has 0 atom stereocenters. The molecule has 3 aromatic heterocycles. The minimum atomic E-state index is -0.0425. The van der Waals surface area contributed by atoms with E-state index in [0.717, 1.165) is 60.0 Å². The minimum absolute atomic E-state index is 0.0425. The SMILES string of the molecule is Cc1cnc(CNC(=O)c2csc3c2CCN(Cc2c(C)noc2C)C3)cn1. The fraction of sp³-hybridized carbons (Fsp3) is 0.400. The number of aromatic nitrogens is 3. The number of aryl methyl sites for hydroxylation is 3. The Labute approximate surface area is 167 Å². The Hall–Kier alpha value is -2.58. The molecule has 146 valence electrons. The predicted octanol–water partition coefficient (Wildman–Crippen LogP) is 2.94. The molecule has 0 unspecified atom stereocenters. The van der Waals surface area contributed by atoms with Crippen molar-refractivity contribution in [2.45, 2.75) is 46.8 Å². The van der Waals surface area contributed by atoms with Crippen molar-refractivity contribution in [2.75, 3.05) is 6.54 Å². The van der Waals surface area contributed by atoms with Crippen LogP contribution in [0.4, 0.5) is 0 Å². The van der Waals surface area contributed by atoms with Crippen molar-refractivity contribution >= 4 is 17.2 Å². The van der Waals surface area contributed by atoms with E-state index in [-0.39, 0.29) is 5.91 Å². The first kappa shape index (κ1) is 18.8. The van der Waals surface area contributed by atoms with Gasteiger partial charge in [-0.1, -0.05) is 5.16 Å². The van der Waals surface area contributed by atoms with E-state index in [1.807, 2.05) is 26.2 Å². The van der Waals surface area contributed by atoms with Crippen molar-refractivity contribution in [1.29, 1.82) is 0 Å². The van der Waals surface area contributed by atoms with Crippen LogP contribution in [0, 0.1) is 20.8 Å². The molecular weight excluding hydrogens is 374 g/mol. The number of hydrogen-bond acceptors (Lipinski definition) is 7. The van der Waals surface area contributed by atoms with E-state index in [0.29, 0.717) is 6.54 Å². The van der Waals surface area contributed by atoms with E-state index in [4.69, 9.17) is 4.52 Å². The van der Waals surface area contributed by atoms with E-state index in [1.54, 1.807) is 23.7 Å². The number of hydrogen-bond donors (Lipinski definition) is 1. The van der Waals surface area contributed by atoms with Crippen LogP contribution in [0.2, 0.25) is 0 Å². The third-order valence-corrected chi connectivity index (χ3v) is 6.11. The van der Waals surface area contributed by atoms with Gasteiger partial charge in [0.15, 0.2) is 0 Å². The largest absolute Gasteiger partial charge is 0.361 e. The van der Waals surface area contributed by atoms with Gasteiger partial charge in [0.25, 0.3) is 5.91 Å². The highest BCUT2D eigenvalue weighted by atomic mass is 32.1. The maximum atomic E-state index is 12.7. The third kappa shape index (κ3) is 3.83. The van der Waals surface area contributed by atoms with Gasteiger partial charge in [-0.05, 0) is 32.8 Å². The molecule has 4 heterocycles. The van der Waals surface area contributed by atoms with Gasteiger partial charge in [0.2, 0.25) is 0 Å². The zero-order valence-electron chi connectivity index (χ0n) is 16.3. The summed E-state index contributed by atoms with van der Waals surface area (Å²) in [5, 5.41) is 8.98. The summed E-state index contributed by atoms with van der Waals surface area (Å²) < 4.78 is 5.28. The molecule has 0 saturated carbocycles. The van der Waals surface area contributed by atoms with Gasteiger partial charge in [-0.25, -0.2) is 0 Å². The van der Waals surface area contributed by atoms with Gasteiger partial charge in [0.05, 0.1) is 35.4 Å². The second-order valence-electron chi connectivity index (χ2n) is 7.15. The Bertz CT molecular complexity index is 973. The first-order valence-electron chi connectivity index (χ1n) is 9.30. The Balaban J connectivity index is 1.40. The average molecular weight is 398 g/mol. The Morgan fingerprint density at radius 1 is 1.29 bits per heavy atom. The number of rotatable bonds is 5. The number of fused-ring (bicyclic) bond motifs is 1. The lowest BCUT2D eigenvalue weighted by Gasteiger charge is -2.27. The zero-order chi connectivity index (χ0) is 19.7. The maximum absolute atomic E-state index is 12.7. The van der Waals surface area contributed by atoms with Crippen LogP contribution in [0.15, 0.2) is 22.3 Å². The number of nitrogens with zero attached hydrogens (tertiary/aromatic N) is 4. The minimum Gasteiger partial charge on any atom is -0.361 e. The molecule has 0 spiro atoms. The van der Waals surface area contributed by atoms with Crippen LogP contribution in [0.1, 0.15) is 49.2 Å². The summed E-state index contributed by atoms with van der Waals surface area (Å²) in [5.41, 5.74) is 5.70. The molecule has 1 aliphatic rings. The lowest BCUT2D eigenvalue weighted by Crippen LogP contribution is -2.31. The number of nitrogens with one attached hydrogen (secondary N) is 1. The topological polar surface area (TPSA) is 84.2 Å². The molecule has 1 amide bonds. The fourth-order valence-corrected chi connectivity index (χ4v) is 4.56. The molecule has 0 aromatic carbocycles. The van der Waals surface area contributed by atoms with E-state index < -0.39 is 0 Å². The molecule has 8 heteroatoms. The maximum Gasteiger partial charge on any atom is 0.252 e. The summed E-state index contributed by atoms with van der Waals surface area (Å²) >= 11 is 1.66. The lowest BCUT2D eigenvalue weighted by molar-refractivity contribution is 0.0949. The van der Waals surface area contributed by atoms with Crippen LogP contribution in [0.3, 0.4) is 0 Å². The molecule has 0 aliphatic carbocycles. The van der Waals surface area contributed by atoms with Crippen LogP contribution in [0.5, 0.6) is 0 Å². The molecule has 1 aliphatic heterocycles. The normalized spacial score (nSPS) is 14.1. The number of carbonyl (C=O) groups is 1. The Morgan fingerprint density at radius 3 is 2.86 bits per heavy atom. The lowest BCUT2D eigenvalue weighted by atomic mass is 10.0. The highest BCUT2D eigenvalue weighted by molar-refractivity contribution is 7.10. The molecule has 0 fully saturated rings. The molecule has 1 N–H and O–H groups in total. The summed E-state index contributed by atoms with van der Waals surface area (Å²) in [7, 11) is 0. The summed E-state index contributed by atoms with van der Waals surface area (Å²) in [4.78, 5) is 24.8. The van der Waals surface area contributed by atoms with Crippen molar-refractivity contribution in [3.8, 4) is 0 Å². The predicted molar refractivity (Wildman–Crippen MR) is 106 cm³/mol. The van der Waals surface area contributed by atoms with Gasteiger partial charge in [0, 0.05) is 41.7 Å². The molecule has 3 aromatic rings. The van der Waals surface area contributed by atoms with Crippen LogP contribution in [-0.2, 0) is 26.1 Å². The standard InChI is InChI=1S/C20H23N5O2S/c1-12-6-22-15(7-21-12)8-23-20(26)18-11-28-19-10-25(5-4-16(18)19)9-17-13(2)24-27-14(17)3/h6-7,11H,4-5,8-10H2,1-3H3,(H,23,26). The molecule has 7 nitrogen and oxygen atoms in total. The van der Waals surface area contributed by atoms with E-state index in [2.05, 4.69) is 25.3 Å². The van der Waals surface area contributed by atoms with E-state index in [9.17, 15) is 4.79 Å². The monoisotopic (exact) mass is 397 g/mol. The highest BCUT2D eigenvalue weighted by Crippen LogP contribution is 2.30. The van der Waals surface area contributed by atoms with Gasteiger partial charge in [0.1, 0.15) is 5.76 Å². The van der Waals surface area contributed by atoms with Crippen LogP contribution in [0.25, 0.3) is 0 Å². The van der Waals surface area contributed by atoms with Crippen LogP contribution < -0.4 is 5.32 Å². The molecular formula is C20H23N5O2S. The average Bonchev–Trinajstić information content (AvgIpc) is 3.25. The van der Waals surface area contributed by atoms with Gasteiger partial charge in [-0.2, -0.15) is 0 Å². The summed E-state index contributed by atoms with van der Waals surface area (Å²) in [6.45, 7) is 8.80. The number of carbonyl (C=O) groups excluding carboxylic acids is 1. The summed E-state index contributed by atoms with van der Waals surface area (Å²) in [6, 6.07) is 0. The zero-order valence-corrected chi connectivity index (χ0v) is 17.1. The highest BCUT2D eigenvalue weighted by Gasteiger charge is 2.25. The second-order valence-corrected chi connectivity index (χ2v) is 8.11. The first-order chi connectivity index (χ1) is 13.5. The van der Waals surface area contributed by atoms with Crippen molar-refractivity contribution in [3.63, 3.8) is 0 Å². The van der Waals surface area contributed by atoms with Gasteiger partial charge in [-0.15, -0.1) is 11.3 Å². The quantitative estimate of drug-likeness (QED) is 0.713. The van der Waals surface area contributed by atoms with Crippen LogP contribution >= 0.6 is 11.3 Å². The first-order valence-corrected chi connectivity index (χ1v) is 10.2. The van der Waals surface area contributed by atoms with E-state index >= 15 is 0 Å². The smallest absolute Gasteiger partial charge is 0.252 e. The van der Waals surface area contributed by atoms with Gasteiger partial charge in [-0.3, -0.25) is 19.7 Å². The Morgan fingerprint density at radius 2 is 2.14 bits per heavy atom. The summed E-state index contributed by atoms with van der Waals surface area (Å²) in [5.74, 6) is 0.841. The number of thiophene rings is 1. The van der Waals surface area contributed by atoms with Crippen molar-refractivity contribution < 1.29 is 9.32 Å². The van der Waals surface area contributed by atoms with Crippen LogP contribution in [-0.4, -0.2) is 32.5 Å².